The SMILES string of the molecule is O=C1CCCC(c2cc(Br)ccc2F)C1. The van der Waals surface area contributed by atoms with Gasteiger partial charge in [-0.25, -0.2) is 4.39 Å². The molecule has 1 nitrogen and oxygen atoms in total. The topological polar surface area (TPSA) is 17.1 Å². The maximum absolute atomic E-state index is 13.5. The molecule has 0 bridgehead atoms. The van der Waals surface area contributed by atoms with Gasteiger partial charge in [-0.1, -0.05) is 15.9 Å². The molecule has 1 aromatic rings. The fourth-order valence-corrected chi connectivity index (χ4v) is 2.50. The summed E-state index contributed by atoms with van der Waals surface area (Å²) in [4.78, 5) is 11.3. The molecule has 15 heavy (non-hydrogen) atoms. The van der Waals surface area contributed by atoms with E-state index >= 15 is 0 Å². The first kappa shape index (κ1) is 10.8. The zero-order valence-electron chi connectivity index (χ0n) is 8.30. The maximum Gasteiger partial charge on any atom is 0.133 e. The normalized spacial score (nSPS) is 21.7. The van der Waals surface area contributed by atoms with Crippen LogP contribution < -0.4 is 0 Å². The van der Waals surface area contributed by atoms with E-state index in [1.54, 1.807) is 12.1 Å². The fourth-order valence-electron chi connectivity index (χ4n) is 2.12. The van der Waals surface area contributed by atoms with Crippen LogP contribution >= 0.6 is 15.9 Å². The maximum atomic E-state index is 13.5. The average molecular weight is 271 g/mol. The lowest BCUT2D eigenvalue weighted by Gasteiger charge is -2.21. The van der Waals surface area contributed by atoms with Crippen LogP contribution in [0, 0.1) is 5.82 Å². The van der Waals surface area contributed by atoms with Crippen LogP contribution in [0.2, 0.25) is 0 Å². The van der Waals surface area contributed by atoms with Gasteiger partial charge in [0.05, 0.1) is 0 Å². The number of rotatable bonds is 1. The first-order valence-electron chi connectivity index (χ1n) is 5.13. The van der Waals surface area contributed by atoms with Crippen molar-refractivity contribution in [3.63, 3.8) is 0 Å². The van der Waals surface area contributed by atoms with Crippen molar-refractivity contribution in [1.82, 2.24) is 0 Å². The highest BCUT2D eigenvalue weighted by atomic mass is 79.9. The lowest BCUT2D eigenvalue weighted by atomic mass is 9.83. The highest BCUT2D eigenvalue weighted by Gasteiger charge is 2.23. The Morgan fingerprint density at radius 3 is 2.93 bits per heavy atom. The minimum Gasteiger partial charge on any atom is -0.300 e. The van der Waals surface area contributed by atoms with E-state index in [0.717, 1.165) is 17.3 Å². The predicted molar refractivity (Wildman–Crippen MR) is 60.3 cm³/mol. The summed E-state index contributed by atoms with van der Waals surface area (Å²) in [6.07, 6.45) is 2.95. The molecule has 0 saturated heterocycles. The first-order valence-corrected chi connectivity index (χ1v) is 5.93. The van der Waals surface area contributed by atoms with Gasteiger partial charge in [0.25, 0.3) is 0 Å². The molecule has 0 amide bonds. The summed E-state index contributed by atoms with van der Waals surface area (Å²) in [5, 5.41) is 0. The van der Waals surface area contributed by atoms with Crippen LogP contribution in [-0.2, 0) is 4.79 Å². The van der Waals surface area contributed by atoms with Crippen molar-refractivity contribution in [2.75, 3.05) is 0 Å². The smallest absolute Gasteiger partial charge is 0.133 e. The van der Waals surface area contributed by atoms with Crippen molar-refractivity contribution in [1.29, 1.82) is 0 Å². The van der Waals surface area contributed by atoms with E-state index in [9.17, 15) is 9.18 Å². The van der Waals surface area contributed by atoms with Gasteiger partial charge >= 0.3 is 0 Å². The lowest BCUT2D eigenvalue weighted by molar-refractivity contribution is -0.120. The van der Waals surface area contributed by atoms with Crippen molar-refractivity contribution in [3.8, 4) is 0 Å². The van der Waals surface area contributed by atoms with E-state index in [1.807, 2.05) is 0 Å². The summed E-state index contributed by atoms with van der Waals surface area (Å²) in [6, 6.07) is 4.93. The third kappa shape index (κ3) is 2.46. The molecule has 1 aromatic carbocycles. The van der Waals surface area contributed by atoms with Gasteiger partial charge in [-0.3, -0.25) is 4.79 Å². The average Bonchev–Trinajstić information content (AvgIpc) is 2.22. The second kappa shape index (κ2) is 4.44. The van der Waals surface area contributed by atoms with E-state index in [1.165, 1.54) is 6.07 Å². The zero-order chi connectivity index (χ0) is 10.8. The molecule has 1 aliphatic rings. The van der Waals surface area contributed by atoms with Crippen molar-refractivity contribution in [2.24, 2.45) is 0 Å². The lowest BCUT2D eigenvalue weighted by Crippen LogP contribution is -2.14. The Hall–Kier alpha value is -0.700. The molecule has 2 rings (SSSR count). The summed E-state index contributed by atoms with van der Waals surface area (Å²) in [5.74, 6) is 0.132. The first-order chi connectivity index (χ1) is 7.16. The van der Waals surface area contributed by atoms with Crippen LogP contribution in [0.1, 0.15) is 37.2 Å². The number of carbonyl (C=O) groups excluding carboxylic acids is 1. The van der Waals surface area contributed by atoms with Crippen LogP contribution in [0.25, 0.3) is 0 Å². The Bertz CT molecular complexity index is 389. The largest absolute Gasteiger partial charge is 0.300 e. The van der Waals surface area contributed by atoms with Gasteiger partial charge < -0.3 is 0 Å². The minimum absolute atomic E-state index is 0.0729. The van der Waals surface area contributed by atoms with Crippen LogP contribution in [0.3, 0.4) is 0 Å². The molecule has 1 fully saturated rings. The fraction of sp³-hybridized carbons (Fsp3) is 0.417. The molecule has 1 unspecified atom stereocenters. The van der Waals surface area contributed by atoms with Crippen LogP contribution in [0.4, 0.5) is 4.39 Å². The third-order valence-corrected chi connectivity index (χ3v) is 3.37. The monoisotopic (exact) mass is 270 g/mol. The molecule has 1 saturated carbocycles. The number of Topliss-reactive ketones (excluding diaryl/α,β-unsaturated/α-hetero) is 1. The standard InChI is InChI=1S/C12H12BrFO/c13-9-4-5-12(14)11(7-9)8-2-1-3-10(15)6-8/h4-5,7-8H,1-3,6H2. The summed E-state index contributed by atoms with van der Waals surface area (Å²) in [7, 11) is 0. The molecule has 0 radical (unpaired) electrons. The number of hydrogen-bond donors (Lipinski definition) is 0. The minimum atomic E-state index is -0.196. The molecular weight excluding hydrogens is 259 g/mol. The molecule has 0 aliphatic heterocycles. The number of benzene rings is 1. The van der Waals surface area contributed by atoms with Crippen molar-refractivity contribution < 1.29 is 9.18 Å². The van der Waals surface area contributed by atoms with E-state index in [-0.39, 0.29) is 17.5 Å². The number of halogens is 2. The summed E-state index contributed by atoms with van der Waals surface area (Å²) in [5.41, 5.74) is 0.678. The van der Waals surface area contributed by atoms with E-state index in [2.05, 4.69) is 15.9 Å². The molecule has 80 valence electrons. The Balaban J connectivity index is 2.27. The molecular formula is C12H12BrFO. The zero-order valence-corrected chi connectivity index (χ0v) is 9.89. The predicted octanol–water partition coefficient (Wildman–Crippen LogP) is 3.81. The molecule has 1 atom stereocenters. The Morgan fingerprint density at radius 2 is 2.20 bits per heavy atom. The molecule has 3 heteroatoms. The Labute approximate surface area is 96.8 Å². The quantitative estimate of drug-likeness (QED) is 0.759. The van der Waals surface area contributed by atoms with Gasteiger partial charge in [0.1, 0.15) is 11.6 Å². The number of hydrogen-bond acceptors (Lipinski definition) is 1. The molecule has 0 heterocycles. The van der Waals surface area contributed by atoms with Gasteiger partial charge in [-0.2, -0.15) is 0 Å². The highest BCUT2D eigenvalue weighted by molar-refractivity contribution is 9.10. The van der Waals surface area contributed by atoms with Crippen LogP contribution in [0.5, 0.6) is 0 Å². The van der Waals surface area contributed by atoms with Gasteiger partial charge in [-0.15, -0.1) is 0 Å². The highest BCUT2D eigenvalue weighted by Crippen LogP contribution is 2.33. The van der Waals surface area contributed by atoms with Gasteiger partial charge in [0.15, 0.2) is 0 Å². The molecule has 0 spiro atoms. The molecule has 1 aliphatic carbocycles. The van der Waals surface area contributed by atoms with Gasteiger partial charge in [0.2, 0.25) is 0 Å². The van der Waals surface area contributed by atoms with E-state index in [4.69, 9.17) is 0 Å². The van der Waals surface area contributed by atoms with Gasteiger partial charge in [0, 0.05) is 17.3 Å². The number of carbonyl (C=O) groups is 1. The van der Waals surface area contributed by atoms with Crippen LogP contribution in [-0.4, -0.2) is 5.78 Å². The third-order valence-electron chi connectivity index (χ3n) is 2.88. The van der Waals surface area contributed by atoms with E-state index in [0.29, 0.717) is 18.4 Å². The van der Waals surface area contributed by atoms with E-state index < -0.39 is 0 Å². The summed E-state index contributed by atoms with van der Waals surface area (Å²) < 4.78 is 14.4. The second-order valence-corrected chi connectivity index (χ2v) is 4.91. The molecule has 0 aromatic heterocycles. The Kier molecular flexibility index (Phi) is 3.19. The van der Waals surface area contributed by atoms with Crippen LogP contribution in [0.15, 0.2) is 22.7 Å². The Morgan fingerprint density at radius 1 is 1.40 bits per heavy atom. The number of ketones is 1. The van der Waals surface area contributed by atoms with Crippen molar-refractivity contribution in [3.05, 3.63) is 34.1 Å². The van der Waals surface area contributed by atoms with Gasteiger partial charge in [-0.05, 0) is 42.5 Å². The summed E-state index contributed by atoms with van der Waals surface area (Å²) >= 11 is 3.33. The summed E-state index contributed by atoms with van der Waals surface area (Å²) in [6.45, 7) is 0. The molecule has 0 N–H and O–H groups in total. The van der Waals surface area contributed by atoms with Crippen molar-refractivity contribution >= 4 is 21.7 Å². The second-order valence-electron chi connectivity index (χ2n) is 4.00. The van der Waals surface area contributed by atoms with Crippen molar-refractivity contribution in [2.45, 2.75) is 31.6 Å².